The van der Waals surface area contributed by atoms with Gasteiger partial charge in [0.2, 0.25) is 0 Å². The molecule has 7 nitrogen and oxygen atoms in total. The fourth-order valence-corrected chi connectivity index (χ4v) is 2.84. The molecular formula is C16H22N2O5. The van der Waals surface area contributed by atoms with E-state index in [1.54, 1.807) is 6.92 Å². The van der Waals surface area contributed by atoms with E-state index in [0.717, 1.165) is 25.7 Å². The maximum Gasteiger partial charge on any atom is 0.342 e. The molecule has 0 unspecified atom stereocenters. The summed E-state index contributed by atoms with van der Waals surface area (Å²) in [4.78, 5) is 22.8. The number of ether oxygens (including phenoxy) is 2. The number of rotatable bonds is 6. The Bertz CT molecular complexity index is 582. The van der Waals surface area contributed by atoms with Crippen LogP contribution in [0.15, 0.2) is 12.1 Å². The first-order valence-electron chi connectivity index (χ1n) is 7.87. The van der Waals surface area contributed by atoms with E-state index >= 15 is 0 Å². The molecule has 0 saturated heterocycles. The summed E-state index contributed by atoms with van der Waals surface area (Å²) in [6.45, 7) is 1.87. The van der Waals surface area contributed by atoms with E-state index in [-0.39, 0.29) is 29.6 Å². The Morgan fingerprint density at radius 1 is 1.35 bits per heavy atom. The summed E-state index contributed by atoms with van der Waals surface area (Å²) in [5.41, 5.74) is 0.307. The summed E-state index contributed by atoms with van der Waals surface area (Å²) in [5, 5.41) is 14.6. The van der Waals surface area contributed by atoms with Crippen molar-refractivity contribution < 1.29 is 19.2 Å². The number of nitrogens with one attached hydrogen (secondary N) is 1. The predicted molar refractivity (Wildman–Crippen MR) is 86.1 cm³/mol. The standard InChI is InChI=1S/C16H22N2O5/c1-3-23-16(19)12-9-14(18(20)21)13(10-15(12)22-2)17-11-7-5-4-6-8-11/h9-11,17H,3-8H2,1-2H3. The Kier molecular flexibility index (Phi) is 5.78. The number of hydrogen-bond acceptors (Lipinski definition) is 6. The Morgan fingerprint density at radius 2 is 2.04 bits per heavy atom. The van der Waals surface area contributed by atoms with Crippen LogP contribution >= 0.6 is 0 Å². The van der Waals surface area contributed by atoms with Crippen LogP contribution in [0.3, 0.4) is 0 Å². The summed E-state index contributed by atoms with van der Waals surface area (Å²) >= 11 is 0. The van der Waals surface area contributed by atoms with Gasteiger partial charge in [-0.05, 0) is 19.8 Å². The van der Waals surface area contributed by atoms with Gasteiger partial charge in [0, 0.05) is 18.2 Å². The summed E-state index contributed by atoms with van der Waals surface area (Å²) in [6.07, 6.45) is 5.40. The molecule has 0 bridgehead atoms. The van der Waals surface area contributed by atoms with Gasteiger partial charge in [-0.1, -0.05) is 19.3 Å². The first kappa shape index (κ1) is 17.1. The van der Waals surface area contributed by atoms with Crippen molar-refractivity contribution in [3.63, 3.8) is 0 Å². The van der Waals surface area contributed by atoms with Crippen LogP contribution in [-0.4, -0.2) is 30.7 Å². The Morgan fingerprint density at radius 3 is 2.61 bits per heavy atom. The maximum absolute atomic E-state index is 12.0. The molecule has 0 heterocycles. The van der Waals surface area contributed by atoms with E-state index < -0.39 is 10.9 Å². The molecule has 0 radical (unpaired) electrons. The third kappa shape index (κ3) is 4.12. The lowest BCUT2D eigenvalue weighted by atomic mass is 9.95. The molecule has 1 N–H and O–H groups in total. The normalized spacial score (nSPS) is 15.0. The summed E-state index contributed by atoms with van der Waals surface area (Å²) in [7, 11) is 1.42. The van der Waals surface area contributed by atoms with Crippen molar-refractivity contribution in [3.05, 3.63) is 27.8 Å². The fourth-order valence-electron chi connectivity index (χ4n) is 2.84. The van der Waals surface area contributed by atoms with Crippen molar-refractivity contribution >= 4 is 17.3 Å². The van der Waals surface area contributed by atoms with Crippen molar-refractivity contribution in [1.82, 2.24) is 0 Å². The Balaban J connectivity index is 2.36. The van der Waals surface area contributed by atoms with Gasteiger partial charge in [0.15, 0.2) is 0 Å². The molecule has 1 saturated carbocycles. The molecule has 0 amide bonds. The van der Waals surface area contributed by atoms with Crippen molar-refractivity contribution in [2.45, 2.75) is 45.1 Å². The number of nitrogens with zero attached hydrogens (tertiary/aromatic N) is 1. The molecule has 1 fully saturated rings. The number of anilines is 1. The van der Waals surface area contributed by atoms with Crippen molar-refractivity contribution in [2.24, 2.45) is 0 Å². The predicted octanol–water partition coefficient (Wildman–Crippen LogP) is 3.52. The van der Waals surface area contributed by atoms with Crippen LogP contribution in [0.4, 0.5) is 11.4 Å². The quantitative estimate of drug-likeness (QED) is 0.489. The topological polar surface area (TPSA) is 90.7 Å². The van der Waals surface area contributed by atoms with E-state index in [1.165, 1.54) is 25.7 Å². The minimum atomic E-state index is -0.628. The molecule has 0 atom stereocenters. The highest BCUT2D eigenvalue weighted by atomic mass is 16.6. The Hall–Kier alpha value is -2.31. The smallest absolute Gasteiger partial charge is 0.342 e. The zero-order valence-electron chi connectivity index (χ0n) is 13.5. The molecule has 23 heavy (non-hydrogen) atoms. The zero-order chi connectivity index (χ0) is 16.8. The summed E-state index contributed by atoms with van der Waals surface area (Å²) in [5.74, 6) is -0.357. The van der Waals surface area contributed by atoms with Crippen LogP contribution in [0.5, 0.6) is 5.75 Å². The Labute approximate surface area is 135 Å². The second kappa shape index (κ2) is 7.80. The maximum atomic E-state index is 12.0. The lowest BCUT2D eigenvalue weighted by Crippen LogP contribution is -2.23. The summed E-state index contributed by atoms with van der Waals surface area (Å²) in [6, 6.07) is 2.95. The van der Waals surface area contributed by atoms with E-state index in [9.17, 15) is 14.9 Å². The van der Waals surface area contributed by atoms with E-state index in [0.29, 0.717) is 5.69 Å². The van der Waals surface area contributed by atoms with Gasteiger partial charge in [-0.2, -0.15) is 0 Å². The van der Waals surface area contributed by atoms with Crippen LogP contribution in [0.1, 0.15) is 49.4 Å². The molecule has 1 aromatic carbocycles. The number of hydrogen-bond donors (Lipinski definition) is 1. The molecule has 1 aromatic rings. The van der Waals surface area contributed by atoms with Gasteiger partial charge >= 0.3 is 5.97 Å². The summed E-state index contributed by atoms with van der Waals surface area (Å²) < 4.78 is 10.1. The van der Waals surface area contributed by atoms with Gasteiger partial charge in [-0.15, -0.1) is 0 Å². The second-order valence-corrected chi connectivity index (χ2v) is 5.53. The van der Waals surface area contributed by atoms with Crippen LogP contribution < -0.4 is 10.1 Å². The molecule has 1 aliphatic carbocycles. The molecule has 0 aliphatic heterocycles. The first-order valence-corrected chi connectivity index (χ1v) is 7.87. The van der Waals surface area contributed by atoms with Gasteiger partial charge < -0.3 is 14.8 Å². The monoisotopic (exact) mass is 322 g/mol. The zero-order valence-corrected chi connectivity index (χ0v) is 13.5. The van der Waals surface area contributed by atoms with Crippen molar-refractivity contribution in [2.75, 3.05) is 19.0 Å². The number of nitro benzene ring substituents is 1. The molecule has 0 aromatic heterocycles. The third-order valence-electron chi connectivity index (χ3n) is 3.97. The minimum absolute atomic E-state index is 0.0650. The molecule has 7 heteroatoms. The van der Waals surface area contributed by atoms with Crippen LogP contribution in [0, 0.1) is 10.1 Å². The molecular weight excluding hydrogens is 300 g/mol. The van der Waals surface area contributed by atoms with Crippen molar-refractivity contribution in [1.29, 1.82) is 0 Å². The SMILES string of the molecule is CCOC(=O)c1cc([N+](=O)[O-])c(NC2CCCCC2)cc1OC. The average Bonchev–Trinajstić information content (AvgIpc) is 2.55. The highest BCUT2D eigenvalue weighted by Gasteiger charge is 2.25. The molecule has 2 rings (SSSR count). The first-order chi connectivity index (χ1) is 11.1. The average molecular weight is 322 g/mol. The van der Waals surface area contributed by atoms with E-state index in [4.69, 9.17) is 9.47 Å². The minimum Gasteiger partial charge on any atom is -0.496 e. The molecule has 1 aliphatic rings. The second-order valence-electron chi connectivity index (χ2n) is 5.53. The number of nitro groups is 1. The van der Waals surface area contributed by atoms with Gasteiger partial charge in [-0.25, -0.2) is 4.79 Å². The molecule has 0 spiro atoms. The van der Waals surface area contributed by atoms with Gasteiger partial charge in [0.1, 0.15) is 17.0 Å². The van der Waals surface area contributed by atoms with Crippen molar-refractivity contribution in [3.8, 4) is 5.75 Å². The number of benzene rings is 1. The number of carbonyl (C=O) groups excluding carboxylic acids is 1. The van der Waals surface area contributed by atoms with Gasteiger partial charge in [0.25, 0.3) is 5.69 Å². The lowest BCUT2D eigenvalue weighted by molar-refractivity contribution is -0.384. The van der Waals surface area contributed by atoms with Crippen LogP contribution in [0.2, 0.25) is 0 Å². The number of carbonyl (C=O) groups is 1. The molecule has 126 valence electrons. The van der Waals surface area contributed by atoms with Crippen LogP contribution in [0.25, 0.3) is 0 Å². The fraction of sp³-hybridized carbons (Fsp3) is 0.562. The van der Waals surface area contributed by atoms with Crippen LogP contribution in [-0.2, 0) is 4.74 Å². The van der Waals surface area contributed by atoms with E-state index in [1.807, 2.05) is 0 Å². The number of esters is 1. The van der Waals surface area contributed by atoms with Gasteiger partial charge in [-0.3, -0.25) is 10.1 Å². The lowest BCUT2D eigenvalue weighted by Gasteiger charge is -2.24. The highest BCUT2D eigenvalue weighted by Crippen LogP contribution is 2.35. The highest BCUT2D eigenvalue weighted by molar-refractivity contribution is 5.95. The largest absolute Gasteiger partial charge is 0.496 e. The van der Waals surface area contributed by atoms with Gasteiger partial charge in [0.05, 0.1) is 18.6 Å². The third-order valence-corrected chi connectivity index (χ3v) is 3.97. The van der Waals surface area contributed by atoms with E-state index in [2.05, 4.69) is 5.32 Å². The number of methoxy groups -OCH3 is 1.